The van der Waals surface area contributed by atoms with E-state index in [0.29, 0.717) is 22.5 Å². The third kappa shape index (κ3) is 3.48. The maximum Gasteiger partial charge on any atom is 0.261 e. The van der Waals surface area contributed by atoms with E-state index in [4.69, 9.17) is 0 Å². The molecular weight excluding hydrogens is 409 g/mol. The highest BCUT2D eigenvalue weighted by Crippen LogP contribution is 2.32. The standard InChI is InChI=1S/C14H12Br2FNOS/c1-7-3-9(4-8(2)12(7)17)6-18-14(19)11-5-10(15)13(16)20-11/h3-5H,6H2,1-2H3,(H,18,19). The first-order valence-electron chi connectivity index (χ1n) is 5.87. The Morgan fingerprint density at radius 3 is 2.35 bits per heavy atom. The van der Waals surface area contributed by atoms with E-state index >= 15 is 0 Å². The molecule has 1 aromatic carbocycles. The van der Waals surface area contributed by atoms with Crippen LogP contribution in [0.5, 0.6) is 0 Å². The van der Waals surface area contributed by atoms with Gasteiger partial charge in [-0.2, -0.15) is 0 Å². The number of amides is 1. The van der Waals surface area contributed by atoms with Crippen LogP contribution in [0.4, 0.5) is 4.39 Å². The summed E-state index contributed by atoms with van der Waals surface area (Å²) in [4.78, 5) is 12.6. The van der Waals surface area contributed by atoms with Crippen molar-refractivity contribution in [1.82, 2.24) is 5.32 Å². The van der Waals surface area contributed by atoms with E-state index in [1.165, 1.54) is 11.3 Å². The van der Waals surface area contributed by atoms with Crippen LogP contribution in [-0.2, 0) is 6.54 Å². The normalized spacial score (nSPS) is 10.7. The van der Waals surface area contributed by atoms with E-state index in [2.05, 4.69) is 37.2 Å². The predicted molar refractivity (Wildman–Crippen MR) is 86.8 cm³/mol. The average molecular weight is 421 g/mol. The Balaban J connectivity index is 2.07. The van der Waals surface area contributed by atoms with Crippen LogP contribution in [0.1, 0.15) is 26.4 Å². The molecule has 0 spiro atoms. The highest BCUT2D eigenvalue weighted by atomic mass is 79.9. The number of hydrogen-bond acceptors (Lipinski definition) is 2. The van der Waals surface area contributed by atoms with Gasteiger partial charge in [-0.1, -0.05) is 12.1 Å². The Kier molecular flexibility index (Phi) is 4.99. The van der Waals surface area contributed by atoms with Crippen molar-refractivity contribution in [3.8, 4) is 0 Å². The second-order valence-electron chi connectivity index (χ2n) is 4.46. The average Bonchev–Trinajstić information content (AvgIpc) is 2.73. The maximum absolute atomic E-state index is 13.5. The zero-order chi connectivity index (χ0) is 14.9. The summed E-state index contributed by atoms with van der Waals surface area (Å²) in [5, 5.41) is 2.84. The van der Waals surface area contributed by atoms with Crippen LogP contribution in [0.2, 0.25) is 0 Å². The third-order valence-corrected chi connectivity index (χ3v) is 6.07. The summed E-state index contributed by atoms with van der Waals surface area (Å²) in [6.45, 7) is 3.83. The lowest BCUT2D eigenvalue weighted by Gasteiger charge is -2.08. The number of benzene rings is 1. The Labute approximate surface area is 137 Å². The molecule has 0 bridgehead atoms. The topological polar surface area (TPSA) is 29.1 Å². The second kappa shape index (κ2) is 6.37. The minimum atomic E-state index is -0.189. The summed E-state index contributed by atoms with van der Waals surface area (Å²) in [6.07, 6.45) is 0. The van der Waals surface area contributed by atoms with Crippen LogP contribution in [0.25, 0.3) is 0 Å². The van der Waals surface area contributed by atoms with Crippen molar-refractivity contribution in [2.24, 2.45) is 0 Å². The predicted octanol–water partition coefficient (Wildman–Crippen LogP) is 4.96. The molecule has 0 saturated carbocycles. The van der Waals surface area contributed by atoms with E-state index in [-0.39, 0.29) is 11.7 Å². The quantitative estimate of drug-likeness (QED) is 0.746. The monoisotopic (exact) mass is 419 g/mol. The summed E-state index contributed by atoms with van der Waals surface area (Å²) in [5.74, 6) is -0.327. The molecule has 0 fully saturated rings. The molecule has 0 unspecified atom stereocenters. The van der Waals surface area contributed by atoms with Gasteiger partial charge in [0, 0.05) is 11.0 Å². The number of nitrogens with one attached hydrogen (secondary N) is 1. The molecule has 106 valence electrons. The smallest absolute Gasteiger partial charge is 0.261 e. The molecule has 2 aromatic rings. The van der Waals surface area contributed by atoms with E-state index in [1.807, 2.05) is 0 Å². The first-order valence-corrected chi connectivity index (χ1v) is 8.27. The number of carbonyl (C=O) groups is 1. The SMILES string of the molecule is Cc1cc(CNC(=O)c2cc(Br)c(Br)s2)cc(C)c1F. The Bertz CT molecular complexity index is 627. The molecule has 0 aliphatic carbocycles. The molecule has 6 heteroatoms. The van der Waals surface area contributed by atoms with Crippen LogP contribution in [0.3, 0.4) is 0 Å². The summed E-state index contributed by atoms with van der Waals surface area (Å²) < 4.78 is 15.3. The van der Waals surface area contributed by atoms with Gasteiger partial charge in [0.2, 0.25) is 0 Å². The van der Waals surface area contributed by atoms with Crippen LogP contribution >= 0.6 is 43.2 Å². The fourth-order valence-corrected chi connectivity index (χ4v) is 3.82. The van der Waals surface area contributed by atoms with Gasteiger partial charge in [-0.05, 0) is 68.5 Å². The zero-order valence-corrected chi connectivity index (χ0v) is 14.9. The van der Waals surface area contributed by atoms with Crippen molar-refractivity contribution in [3.63, 3.8) is 0 Å². The van der Waals surface area contributed by atoms with Gasteiger partial charge < -0.3 is 5.32 Å². The lowest BCUT2D eigenvalue weighted by atomic mass is 10.1. The van der Waals surface area contributed by atoms with Crippen LogP contribution in [-0.4, -0.2) is 5.91 Å². The van der Waals surface area contributed by atoms with Gasteiger partial charge in [-0.3, -0.25) is 4.79 Å². The first kappa shape index (κ1) is 15.7. The molecule has 1 aromatic heterocycles. The molecular formula is C14H12Br2FNOS. The number of halogens is 3. The summed E-state index contributed by atoms with van der Waals surface area (Å²) >= 11 is 8.07. The number of thiophene rings is 1. The molecule has 20 heavy (non-hydrogen) atoms. The molecule has 1 N–H and O–H groups in total. The Morgan fingerprint density at radius 2 is 1.85 bits per heavy atom. The molecule has 0 saturated heterocycles. The van der Waals surface area contributed by atoms with E-state index < -0.39 is 0 Å². The highest BCUT2D eigenvalue weighted by Gasteiger charge is 2.12. The second-order valence-corrected chi connectivity index (χ2v) is 7.68. The third-order valence-electron chi connectivity index (χ3n) is 2.82. The van der Waals surface area contributed by atoms with Gasteiger partial charge in [-0.25, -0.2) is 4.39 Å². The van der Waals surface area contributed by atoms with Gasteiger partial charge >= 0.3 is 0 Å². The molecule has 2 rings (SSSR count). The highest BCUT2D eigenvalue weighted by molar-refractivity contribution is 9.13. The molecule has 0 atom stereocenters. The van der Waals surface area contributed by atoms with Gasteiger partial charge in [0.05, 0.1) is 8.66 Å². The van der Waals surface area contributed by atoms with E-state index in [1.54, 1.807) is 32.0 Å². The van der Waals surface area contributed by atoms with Crippen molar-refractivity contribution < 1.29 is 9.18 Å². The molecule has 1 heterocycles. The Morgan fingerprint density at radius 1 is 1.25 bits per heavy atom. The van der Waals surface area contributed by atoms with Crippen molar-refractivity contribution in [3.05, 3.63) is 53.8 Å². The number of rotatable bonds is 3. The molecule has 1 amide bonds. The molecule has 0 aliphatic rings. The van der Waals surface area contributed by atoms with E-state index in [9.17, 15) is 9.18 Å². The summed E-state index contributed by atoms with van der Waals surface area (Å²) in [7, 11) is 0. The van der Waals surface area contributed by atoms with Crippen molar-refractivity contribution in [2.45, 2.75) is 20.4 Å². The Hall–Kier alpha value is -0.720. The first-order chi connectivity index (χ1) is 9.38. The number of hydrogen-bond donors (Lipinski definition) is 1. The van der Waals surface area contributed by atoms with Crippen molar-refractivity contribution >= 4 is 49.1 Å². The van der Waals surface area contributed by atoms with Gasteiger partial charge in [0.25, 0.3) is 5.91 Å². The van der Waals surface area contributed by atoms with Crippen LogP contribution in [0, 0.1) is 19.7 Å². The largest absolute Gasteiger partial charge is 0.347 e. The summed E-state index contributed by atoms with van der Waals surface area (Å²) in [5.41, 5.74) is 2.08. The minimum Gasteiger partial charge on any atom is -0.347 e. The van der Waals surface area contributed by atoms with Crippen molar-refractivity contribution in [1.29, 1.82) is 0 Å². The van der Waals surface area contributed by atoms with Crippen molar-refractivity contribution in [2.75, 3.05) is 0 Å². The lowest BCUT2D eigenvalue weighted by Crippen LogP contribution is -2.22. The fourth-order valence-electron chi connectivity index (χ4n) is 1.87. The minimum absolute atomic E-state index is 0.138. The molecule has 0 aliphatic heterocycles. The molecule has 0 radical (unpaired) electrons. The van der Waals surface area contributed by atoms with Gasteiger partial charge in [0.1, 0.15) is 5.82 Å². The van der Waals surface area contributed by atoms with Crippen LogP contribution < -0.4 is 5.32 Å². The number of aryl methyl sites for hydroxylation is 2. The zero-order valence-electron chi connectivity index (χ0n) is 10.9. The van der Waals surface area contributed by atoms with Crippen LogP contribution in [0.15, 0.2) is 26.5 Å². The van der Waals surface area contributed by atoms with Gasteiger partial charge in [0.15, 0.2) is 0 Å². The van der Waals surface area contributed by atoms with E-state index in [0.717, 1.165) is 13.8 Å². The van der Waals surface area contributed by atoms with Gasteiger partial charge in [-0.15, -0.1) is 11.3 Å². The summed E-state index contributed by atoms with van der Waals surface area (Å²) in [6, 6.07) is 5.27. The maximum atomic E-state index is 13.5. The molecule has 2 nitrogen and oxygen atoms in total. The number of carbonyl (C=O) groups excluding carboxylic acids is 1. The lowest BCUT2D eigenvalue weighted by molar-refractivity contribution is 0.0955. The fraction of sp³-hybridized carbons (Fsp3) is 0.214.